The molecule has 2 rings (SSSR count). The van der Waals surface area contributed by atoms with E-state index < -0.39 is 0 Å². The lowest BCUT2D eigenvalue weighted by atomic mass is 10.3. The van der Waals surface area contributed by atoms with Gasteiger partial charge in [-0.25, -0.2) is 9.97 Å². The fraction of sp³-hybridized carbons (Fsp3) is 0.182. The molecule has 0 aromatic carbocycles. The SMILES string of the molecule is Cc1ncn(C)c1/C=C/C(=O)c1nccs1. The van der Waals surface area contributed by atoms with Gasteiger partial charge in [-0.3, -0.25) is 4.79 Å². The summed E-state index contributed by atoms with van der Waals surface area (Å²) >= 11 is 1.34. The van der Waals surface area contributed by atoms with Crippen molar-refractivity contribution >= 4 is 23.2 Å². The zero-order valence-electron chi connectivity index (χ0n) is 9.04. The van der Waals surface area contributed by atoms with Gasteiger partial charge >= 0.3 is 0 Å². The third kappa shape index (κ3) is 2.09. The maximum absolute atomic E-state index is 11.7. The Kier molecular flexibility index (Phi) is 2.96. The van der Waals surface area contributed by atoms with E-state index in [1.165, 1.54) is 17.4 Å². The molecule has 4 nitrogen and oxygen atoms in total. The van der Waals surface area contributed by atoms with Gasteiger partial charge in [-0.15, -0.1) is 11.3 Å². The zero-order chi connectivity index (χ0) is 11.5. The molecule has 0 saturated heterocycles. The van der Waals surface area contributed by atoms with Gasteiger partial charge < -0.3 is 4.57 Å². The number of ketones is 1. The van der Waals surface area contributed by atoms with Gasteiger partial charge in [0.25, 0.3) is 0 Å². The predicted octanol–water partition coefficient (Wildman–Crippen LogP) is 2.08. The molecule has 0 bridgehead atoms. The molecule has 0 aliphatic rings. The van der Waals surface area contributed by atoms with Crippen molar-refractivity contribution in [3.8, 4) is 0 Å². The molecule has 0 fully saturated rings. The Morgan fingerprint density at radius 3 is 2.88 bits per heavy atom. The highest BCUT2D eigenvalue weighted by Gasteiger charge is 2.05. The van der Waals surface area contributed by atoms with E-state index in [1.54, 1.807) is 24.0 Å². The number of carbonyl (C=O) groups excluding carboxylic acids is 1. The minimum Gasteiger partial charge on any atom is -0.334 e. The molecule has 2 heterocycles. The minimum atomic E-state index is -0.0735. The molecule has 0 radical (unpaired) electrons. The van der Waals surface area contributed by atoms with Crippen molar-refractivity contribution < 1.29 is 4.79 Å². The number of aromatic nitrogens is 3. The largest absolute Gasteiger partial charge is 0.334 e. The Hall–Kier alpha value is -1.75. The molecule has 0 atom stereocenters. The molecule has 0 aliphatic carbocycles. The summed E-state index contributed by atoms with van der Waals surface area (Å²) in [6.07, 6.45) is 6.65. The van der Waals surface area contributed by atoms with Gasteiger partial charge in [0.1, 0.15) is 0 Å². The molecular formula is C11H11N3OS. The van der Waals surface area contributed by atoms with E-state index >= 15 is 0 Å². The molecule has 0 unspecified atom stereocenters. The molecule has 2 aromatic heterocycles. The second-order valence-corrected chi connectivity index (χ2v) is 4.26. The normalized spacial score (nSPS) is 11.1. The van der Waals surface area contributed by atoms with Crippen LogP contribution in [0.15, 0.2) is 24.0 Å². The summed E-state index contributed by atoms with van der Waals surface area (Å²) in [5.74, 6) is -0.0735. The van der Waals surface area contributed by atoms with Crippen LogP contribution in [0.5, 0.6) is 0 Å². The number of hydrogen-bond donors (Lipinski definition) is 0. The van der Waals surface area contributed by atoms with Crippen LogP contribution in [0.4, 0.5) is 0 Å². The summed E-state index contributed by atoms with van der Waals surface area (Å²) in [6, 6.07) is 0. The van der Waals surface area contributed by atoms with Gasteiger partial charge in [0.2, 0.25) is 5.78 Å². The summed E-state index contributed by atoms with van der Waals surface area (Å²) in [6.45, 7) is 1.91. The molecule has 82 valence electrons. The Morgan fingerprint density at radius 2 is 2.31 bits per heavy atom. The van der Waals surface area contributed by atoms with Crippen LogP contribution >= 0.6 is 11.3 Å². The minimum absolute atomic E-state index is 0.0735. The van der Waals surface area contributed by atoms with E-state index in [2.05, 4.69) is 9.97 Å². The zero-order valence-corrected chi connectivity index (χ0v) is 9.86. The lowest BCUT2D eigenvalue weighted by Crippen LogP contribution is -1.94. The first kappa shape index (κ1) is 10.8. The highest BCUT2D eigenvalue weighted by molar-refractivity contribution is 7.11. The molecule has 5 heteroatoms. The van der Waals surface area contributed by atoms with Crippen molar-refractivity contribution in [1.29, 1.82) is 0 Å². The molecule has 0 spiro atoms. The summed E-state index contributed by atoms with van der Waals surface area (Å²) in [5, 5.41) is 2.30. The average Bonchev–Trinajstić information content (AvgIpc) is 2.87. The maximum Gasteiger partial charge on any atom is 0.214 e. The second kappa shape index (κ2) is 4.40. The summed E-state index contributed by atoms with van der Waals surface area (Å²) in [7, 11) is 1.90. The number of imidazole rings is 1. The van der Waals surface area contributed by atoms with E-state index in [1.807, 2.05) is 18.5 Å². The Balaban J connectivity index is 2.19. The second-order valence-electron chi connectivity index (χ2n) is 3.36. The third-order valence-corrected chi connectivity index (χ3v) is 3.00. The molecule has 2 aromatic rings. The van der Waals surface area contributed by atoms with Gasteiger partial charge in [0.05, 0.1) is 17.7 Å². The maximum atomic E-state index is 11.7. The number of aryl methyl sites for hydroxylation is 2. The quantitative estimate of drug-likeness (QED) is 0.602. The van der Waals surface area contributed by atoms with Crippen molar-refractivity contribution in [2.24, 2.45) is 7.05 Å². The van der Waals surface area contributed by atoms with Crippen LogP contribution < -0.4 is 0 Å². The first-order chi connectivity index (χ1) is 7.68. The molecular weight excluding hydrogens is 222 g/mol. The first-order valence-electron chi connectivity index (χ1n) is 4.78. The van der Waals surface area contributed by atoms with Crippen LogP contribution in [0, 0.1) is 6.92 Å². The molecule has 0 N–H and O–H groups in total. The number of hydrogen-bond acceptors (Lipinski definition) is 4. The fourth-order valence-electron chi connectivity index (χ4n) is 1.37. The van der Waals surface area contributed by atoms with Crippen LogP contribution in [0.25, 0.3) is 6.08 Å². The van der Waals surface area contributed by atoms with E-state index in [0.717, 1.165) is 11.4 Å². The highest BCUT2D eigenvalue weighted by Crippen LogP contribution is 2.10. The van der Waals surface area contributed by atoms with Crippen molar-refractivity contribution in [2.75, 3.05) is 0 Å². The Labute approximate surface area is 97.3 Å². The average molecular weight is 233 g/mol. The van der Waals surface area contributed by atoms with Crippen molar-refractivity contribution in [3.63, 3.8) is 0 Å². The van der Waals surface area contributed by atoms with E-state index in [4.69, 9.17) is 0 Å². The first-order valence-corrected chi connectivity index (χ1v) is 5.66. The number of carbonyl (C=O) groups is 1. The highest BCUT2D eigenvalue weighted by atomic mass is 32.1. The number of allylic oxidation sites excluding steroid dienone is 1. The van der Waals surface area contributed by atoms with Crippen LogP contribution in [-0.4, -0.2) is 20.3 Å². The number of nitrogens with zero attached hydrogens (tertiary/aromatic N) is 3. The molecule has 16 heavy (non-hydrogen) atoms. The van der Waals surface area contributed by atoms with Crippen molar-refractivity contribution in [3.05, 3.63) is 40.4 Å². The van der Waals surface area contributed by atoms with Gasteiger partial charge in [0, 0.05) is 18.6 Å². The molecule has 0 saturated carbocycles. The van der Waals surface area contributed by atoms with Gasteiger partial charge in [-0.05, 0) is 19.1 Å². The fourth-order valence-corrected chi connectivity index (χ4v) is 1.92. The lowest BCUT2D eigenvalue weighted by Gasteiger charge is -1.95. The van der Waals surface area contributed by atoms with Gasteiger partial charge in [-0.2, -0.15) is 0 Å². The topological polar surface area (TPSA) is 47.8 Å². The number of rotatable bonds is 3. The smallest absolute Gasteiger partial charge is 0.214 e. The van der Waals surface area contributed by atoms with Gasteiger partial charge in [-0.1, -0.05) is 0 Å². The van der Waals surface area contributed by atoms with Crippen molar-refractivity contribution in [1.82, 2.24) is 14.5 Å². The van der Waals surface area contributed by atoms with Crippen LogP contribution in [0.2, 0.25) is 0 Å². The summed E-state index contributed by atoms with van der Waals surface area (Å²) in [5.41, 5.74) is 1.84. The molecule has 0 aliphatic heterocycles. The van der Waals surface area contributed by atoms with E-state index in [9.17, 15) is 4.79 Å². The summed E-state index contributed by atoms with van der Waals surface area (Å²) < 4.78 is 1.88. The van der Waals surface area contributed by atoms with Crippen molar-refractivity contribution in [2.45, 2.75) is 6.92 Å². The van der Waals surface area contributed by atoms with Gasteiger partial charge in [0.15, 0.2) is 5.01 Å². The van der Waals surface area contributed by atoms with E-state index in [-0.39, 0.29) is 5.78 Å². The Morgan fingerprint density at radius 1 is 1.50 bits per heavy atom. The van der Waals surface area contributed by atoms with E-state index in [0.29, 0.717) is 5.01 Å². The van der Waals surface area contributed by atoms with Crippen LogP contribution in [0.1, 0.15) is 21.2 Å². The monoisotopic (exact) mass is 233 g/mol. The van der Waals surface area contributed by atoms with Crippen LogP contribution in [-0.2, 0) is 7.05 Å². The third-order valence-electron chi connectivity index (χ3n) is 2.21. The Bertz CT molecular complexity index is 506. The predicted molar refractivity (Wildman–Crippen MR) is 63.4 cm³/mol. The standard InChI is InChI=1S/C11H11N3OS/c1-8-9(14(2)7-13-8)3-4-10(15)11-12-5-6-16-11/h3-7H,1-2H3/b4-3+. The van der Waals surface area contributed by atoms with Crippen LogP contribution in [0.3, 0.4) is 0 Å². The number of thiazole rings is 1. The summed E-state index contributed by atoms with van der Waals surface area (Å²) in [4.78, 5) is 19.8. The molecule has 0 amide bonds. The lowest BCUT2D eigenvalue weighted by molar-refractivity contribution is 0.104.